The molecule has 1 aliphatic heterocycles. The van der Waals surface area contributed by atoms with Gasteiger partial charge in [0.25, 0.3) is 5.56 Å². The Hall–Kier alpha value is -3.45. The number of carbonyl (C=O) groups excluding carboxylic acids is 1. The Bertz CT molecular complexity index is 1980. The van der Waals surface area contributed by atoms with Crippen molar-refractivity contribution in [3.05, 3.63) is 89.3 Å². The van der Waals surface area contributed by atoms with Gasteiger partial charge in [0.2, 0.25) is 5.91 Å². The molecule has 0 bridgehead atoms. The van der Waals surface area contributed by atoms with Gasteiger partial charge in [0, 0.05) is 53.9 Å². The quantitative estimate of drug-likeness (QED) is 0.0976. The number of hydrogen-bond donors (Lipinski definition) is 1. The van der Waals surface area contributed by atoms with Crippen LogP contribution in [0.2, 0.25) is 25.1 Å². The van der Waals surface area contributed by atoms with E-state index in [1.54, 1.807) is 29.3 Å². The van der Waals surface area contributed by atoms with Crippen LogP contribution in [0.1, 0.15) is 36.6 Å². The lowest BCUT2D eigenvalue weighted by Crippen LogP contribution is -2.49. The molecule has 232 valence electrons. The van der Waals surface area contributed by atoms with Gasteiger partial charge in [-0.05, 0) is 42.7 Å². The summed E-state index contributed by atoms with van der Waals surface area (Å²) in [5.74, 6) is -0.251. The summed E-state index contributed by atoms with van der Waals surface area (Å²) in [7, 11) is 0. The second kappa shape index (κ2) is 12.7. The molecule has 2 N–H and O–H groups in total. The molecule has 2 aromatic carbocycles. The summed E-state index contributed by atoms with van der Waals surface area (Å²) < 4.78 is 1.50. The van der Waals surface area contributed by atoms with Crippen LogP contribution in [0.3, 0.4) is 0 Å². The van der Waals surface area contributed by atoms with Gasteiger partial charge in [-0.1, -0.05) is 78.4 Å². The third-order valence-corrected chi connectivity index (χ3v) is 10.1. The number of aryl methyl sites for hydroxylation is 1. The highest BCUT2D eigenvalue weighted by atomic mass is 35.5. The number of carbonyl (C=O) groups is 1. The van der Waals surface area contributed by atoms with Crippen molar-refractivity contribution in [2.45, 2.75) is 26.7 Å². The number of halogens is 5. The number of anilines is 2. The Morgan fingerprint density at radius 3 is 2.29 bits per heavy atom. The predicted octanol–water partition coefficient (Wildman–Crippen LogP) is 8.04. The fourth-order valence-electron chi connectivity index (χ4n) is 5.71. The van der Waals surface area contributed by atoms with Crippen LogP contribution in [0.25, 0.3) is 27.7 Å². The smallest absolute Gasteiger partial charge is 0.275 e. The van der Waals surface area contributed by atoms with E-state index >= 15 is 0 Å². The highest BCUT2D eigenvalue weighted by Gasteiger charge is 2.30. The molecule has 3 heterocycles. The van der Waals surface area contributed by atoms with E-state index in [0.717, 1.165) is 5.56 Å². The van der Waals surface area contributed by atoms with Crippen molar-refractivity contribution in [3.8, 4) is 22.9 Å². The summed E-state index contributed by atoms with van der Waals surface area (Å²) in [5, 5.41) is 11.2. The molecular weight excluding hydrogens is 678 g/mol. The largest absolute Gasteiger partial charge is 0.397 e. The average molecular weight is 705 g/mol. The lowest BCUT2D eigenvalue weighted by atomic mass is 9.98. The fourth-order valence-corrected chi connectivity index (χ4v) is 6.94. The molecule has 8 nitrogen and oxygen atoms in total. The lowest BCUT2D eigenvalue weighted by molar-refractivity contribution is -0.126. The summed E-state index contributed by atoms with van der Waals surface area (Å²) in [5.41, 5.74) is 9.29. The SMILES string of the molecule is C=CC(=O)N1CCN(c2c(C#N)c(=O)n(-c3c(C)ccnc3C(C)C)c3cc(-c4c(N)c(Cl)c(Cl)c(Cl)c4Cl)c(Cl)cc23)CC1. The average Bonchev–Trinajstić information content (AvgIpc) is 3.02. The van der Waals surface area contributed by atoms with Crippen molar-refractivity contribution in [2.24, 2.45) is 0 Å². The molecule has 0 unspecified atom stereocenters. The summed E-state index contributed by atoms with van der Waals surface area (Å²) in [4.78, 5) is 35.0. The van der Waals surface area contributed by atoms with Gasteiger partial charge in [0.1, 0.15) is 11.6 Å². The number of nitrogens with zero attached hydrogens (tertiary/aromatic N) is 5. The molecule has 1 saturated heterocycles. The number of pyridine rings is 2. The highest BCUT2D eigenvalue weighted by Crippen LogP contribution is 2.50. The van der Waals surface area contributed by atoms with Gasteiger partial charge >= 0.3 is 0 Å². The molecule has 0 spiro atoms. The number of hydrogen-bond acceptors (Lipinski definition) is 6. The van der Waals surface area contributed by atoms with Crippen molar-refractivity contribution in [2.75, 3.05) is 36.8 Å². The molecule has 4 aromatic rings. The van der Waals surface area contributed by atoms with Crippen LogP contribution in [-0.4, -0.2) is 46.5 Å². The number of amides is 1. The van der Waals surface area contributed by atoms with Crippen LogP contribution in [-0.2, 0) is 4.79 Å². The molecule has 45 heavy (non-hydrogen) atoms. The first kappa shape index (κ1) is 32.9. The second-order valence-electron chi connectivity index (χ2n) is 10.9. The molecule has 0 aliphatic carbocycles. The highest BCUT2D eigenvalue weighted by molar-refractivity contribution is 6.54. The molecule has 5 rings (SSSR count). The molecule has 0 saturated carbocycles. The second-order valence-corrected chi connectivity index (χ2v) is 12.8. The molecule has 2 aromatic heterocycles. The van der Waals surface area contributed by atoms with Crippen LogP contribution in [0.15, 0.2) is 41.8 Å². The summed E-state index contributed by atoms with van der Waals surface area (Å²) in [6.07, 6.45) is 2.95. The monoisotopic (exact) mass is 702 g/mol. The Morgan fingerprint density at radius 2 is 1.69 bits per heavy atom. The third-order valence-electron chi connectivity index (χ3n) is 7.93. The lowest BCUT2D eigenvalue weighted by Gasteiger charge is -2.37. The van der Waals surface area contributed by atoms with Gasteiger partial charge in [0.15, 0.2) is 0 Å². The first-order valence-corrected chi connectivity index (χ1v) is 15.8. The Kier molecular flexibility index (Phi) is 9.33. The first-order chi connectivity index (χ1) is 21.3. The Balaban J connectivity index is 1.93. The maximum atomic E-state index is 14.5. The van der Waals surface area contributed by atoms with Gasteiger partial charge in [0.05, 0.1) is 48.4 Å². The van der Waals surface area contributed by atoms with Gasteiger partial charge in [-0.2, -0.15) is 5.26 Å². The third kappa shape index (κ3) is 5.51. The molecule has 1 amide bonds. The van der Waals surface area contributed by atoms with Gasteiger partial charge < -0.3 is 15.5 Å². The van der Waals surface area contributed by atoms with Crippen molar-refractivity contribution in [3.63, 3.8) is 0 Å². The van der Waals surface area contributed by atoms with Crippen LogP contribution >= 0.6 is 58.0 Å². The van der Waals surface area contributed by atoms with E-state index in [0.29, 0.717) is 59.7 Å². The minimum atomic E-state index is -0.540. The topological polar surface area (TPSA) is 108 Å². The standard InChI is InChI=1S/C32H27Cl5N6O2/c1-5-22(44)41-8-10-42(11-9-41)31-18-12-20(33)17(23-24(34)25(35)26(36)27(37)28(23)39)13-21(18)43(32(45)19(31)14-38)30-16(4)6-7-40-29(30)15(2)3/h5-7,12-13,15H,1,8-11,39H2,2-4H3. The molecule has 13 heteroatoms. The van der Waals surface area contributed by atoms with E-state index in [1.807, 2.05) is 25.7 Å². The fraction of sp³-hybridized carbons (Fsp3) is 0.250. The van der Waals surface area contributed by atoms with E-state index < -0.39 is 5.56 Å². The summed E-state index contributed by atoms with van der Waals surface area (Å²) in [6, 6.07) is 7.32. The number of piperazine rings is 1. The molecule has 0 atom stereocenters. The van der Waals surface area contributed by atoms with E-state index in [-0.39, 0.29) is 53.8 Å². The van der Waals surface area contributed by atoms with Crippen LogP contribution in [0.4, 0.5) is 11.4 Å². The van der Waals surface area contributed by atoms with Crippen molar-refractivity contribution < 1.29 is 4.79 Å². The van der Waals surface area contributed by atoms with Gasteiger partial charge in [-0.15, -0.1) is 0 Å². The van der Waals surface area contributed by atoms with E-state index in [4.69, 9.17) is 63.7 Å². The number of aromatic nitrogens is 2. The van der Waals surface area contributed by atoms with Crippen molar-refractivity contribution in [1.82, 2.24) is 14.5 Å². The molecular formula is C32H27Cl5N6O2. The van der Waals surface area contributed by atoms with E-state index in [9.17, 15) is 14.9 Å². The summed E-state index contributed by atoms with van der Waals surface area (Å²) in [6.45, 7) is 10.9. The predicted molar refractivity (Wildman–Crippen MR) is 185 cm³/mol. The molecule has 1 fully saturated rings. The minimum Gasteiger partial charge on any atom is -0.397 e. The maximum Gasteiger partial charge on any atom is 0.275 e. The van der Waals surface area contributed by atoms with E-state index in [1.165, 1.54) is 10.6 Å². The zero-order valence-corrected chi connectivity index (χ0v) is 28.3. The van der Waals surface area contributed by atoms with Crippen molar-refractivity contribution in [1.29, 1.82) is 5.26 Å². The van der Waals surface area contributed by atoms with Crippen LogP contribution in [0, 0.1) is 18.3 Å². The first-order valence-electron chi connectivity index (χ1n) is 13.9. The number of nitrogen functional groups attached to an aromatic ring is 1. The normalized spacial score (nSPS) is 13.4. The maximum absolute atomic E-state index is 14.5. The number of nitriles is 1. The van der Waals surface area contributed by atoms with Crippen molar-refractivity contribution >= 4 is 86.2 Å². The van der Waals surface area contributed by atoms with Gasteiger partial charge in [-0.25, -0.2) is 0 Å². The zero-order chi connectivity index (χ0) is 32.9. The minimum absolute atomic E-state index is 0.000917. The number of fused-ring (bicyclic) bond motifs is 1. The Labute approximate surface area is 285 Å². The number of benzene rings is 2. The molecule has 0 radical (unpaired) electrons. The number of rotatable bonds is 5. The summed E-state index contributed by atoms with van der Waals surface area (Å²) >= 11 is 32.8. The zero-order valence-electron chi connectivity index (χ0n) is 24.5. The Morgan fingerprint density at radius 1 is 1.04 bits per heavy atom. The van der Waals surface area contributed by atoms with Gasteiger partial charge in [-0.3, -0.25) is 19.1 Å². The van der Waals surface area contributed by atoms with Crippen LogP contribution in [0.5, 0.6) is 0 Å². The van der Waals surface area contributed by atoms with Crippen LogP contribution < -0.4 is 16.2 Å². The van der Waals surface area contributed by atoms with E-state index in [2.05, 4.69) is 17.6 Å². The molecule has 1 aliphatic rings. The number of nitrogens with two attached hydrogens (primary N) is 1.